The van der Waals surface area contributed by atoms with Crippen molar-refractivity contribution in [2.75, 3.05) is 19.7 Å². The van der Waals surface area contributed by atoms with Gasteiger partial charge in [-0.25, -0.2) is 0 Å². The van der Waals surface area contributed by atoms with Crippen molar-refractivity contribution in [2.24, 2.45) is 0 Å². The molecule has 5 nitrogen and oxygen atoms in total. The monoisotopic (exact) mass is 396 g/mol. The van der Waals surface area contributed by atoms with E-state index in [9.17, 15) is 9.59 Å². The van der Waals surface area contributed by atoms with Crippen molar-refractivity contribution in [3.05, 3.63) is 66.2 Å². The Morgan fingerprint density at radius 2 is 1.69 bits per heavy atom. The first kappa shape index (κ1) is 22.5. The highest BCUT2D eigenvalue weighted by Gasteiger charge is 2.25. The van der Waals surface area contributed by atoms with Gasteiger partial charge in [0.15, 0.2) is 0 Å². The molecule has 0 bridgehead atoms. The molecular weight excluding hydrogens is 364 g/mol. The van der Waals surface area contributed by atoms with E-state index in [2.05, 4.69) is 5.32 Å². The minimum Gasteiger partial charge on any atom is -0.494 e. The molecule has 0 radical (unpaired) electrons. The second kappa shape index (κ2) is 12.6. The van der Waals surface area contributed by atoms with Crippen molar-refractivity contribution in [3.8, 4) is 5.75 Å². The molecule has 29 heavy (non-hydrogen) atoms. The first-order valence-corrected chi connectivity index (χ1v) is 10.4. The molecule has 0 unspecified atom stereocenters. The third kappa shape index (κ3) is 7.98. The lowest BCUT2D eigenvalue weighted by Crippen LogP contribution is -2.49. The van der Waals surface area contributed by atoms with E-state index in [-0.39, 0.29) is 11.8 Å². The third-order valence-electron chi connectivity index (χ3n) is 4.75. The number of ether oxygens (including phenoxy) is 1. The van der Waals surface area contributed by atoms with E-state index in [1.165, 1.54) is 0 Å². The van der Waals surface area contributed by atoms with Crippen LogP contribution < -0.4 is 10.1 Å². The fourth-order valence-electron chi connectivity index (χ4n) is 3.04. The van der Waals surface area contributed by atoms with E-state index in [4.69, 9.17) is 4.74 Å². The van der Waals surface area contributed by atoms with Gasteiger partial charge in [0.25, 0.3) is 0 Å². The summed E-state index contributed by atoms with van der Waals surface area (Å²) in [6, 6.07) is 19.1. The van der Waals surface area contributed by atoms with Gasteiger partial charge in [0, 0.05) is 19.5 Å². The van der Waals surface area contributed by atoms with Crippen molar-refractivity contribution in [3.63, 3.8) is 0 Å². The van der Waals surface area contributed by atoms with Crippen molar-refractivity contribution in [1.29, 1.82) is 0 Å². The molecule has 2 rings (SSSR count). The summed E-state index contributed by atoms with van der Waals surface area (Å²) in [4.78, 5) is 27.0. The largest absolute Gasteiger partial charge is 0.494 e. The van der Waals surface area contributed by atoms with Gasteiger partial charge in [-0.05, 0) is 43.9 Å². The lowest BCUT2D eigenvalue weighted by atomic mass is 10.1. The van der Waals surface area contributed by atoms with Gasteiger partial charge in [0.1, 0.15) is 11.8 Å². The Hall–Kier alpha value is -2.82. The van der Waals surface area contributed by atoms with E-state index in [0.29, 0.717) is 32.5 Å². The second-order valence-corrected chi connectivity index (χ2v) is 7.05. The summed E-state index contributed by atoms with van der Waals surface area (Å²) in [5.74, 6) is 0.679. The zero-order chi connectivity index (χ0) is 20.9. The molecule has 2 aromatic carbocycles. The number of nitrogens with one attached hydrogen (secondary N) is 1. The Labute approximate surface area is 174 Å². The number of carbonyl (C=O) groups excluding carboxylic acids is 2. The van der Waals surface area contributed by atoms with Gasteiger partial charge in [-0.1, -0.05) is 55.5 Å². The summed E-state index contributed by atoms with van der Waals surface area (Å²) in [7, 11) is 0. The molecule has 0 fully saturated rings. The lowest BCUT2D eigenvalue weighted by Gasteiger charge is -2.29. The van der Waals surface area contributed by atoms with Crippen molar-refractivity contribution in [2.45, 2.75) is 45.6 Å². The Bertz CT molecular complexity index is 734. The Morgan fingerprint density at radius 1 is 1.03 bits per heavy atom. The number of rotatable bonds is 12. The van der Waals surface area contributed by atoms with Gasteiger partial charge in [0.2, 0.25) is 11.8 Å². The average molecular weight is 397 g/mol. The van der Waals surface area contributed by atoms with Crippen LogP contribution in [0.2, 0.25) is 0 Å². The van der Waals surface area contributed by atoms with E-state index in [1.54, 1.807) is 11.8 Å². The maximum absolute atomic E-state index is 12.9. The molecule has 1 atom stereocenters. The molecule has 156 valence electrons. The smallest absolute Gasteiger partial charge is 0.242 e. The topological polar surface area (TPSA) is 58.6 Å². The van der Waals surface area contributed by atoms with Crippen LogP contribution in [-0.4, -0.2) is 42.5 Å². The molecular formula is C24H32N2O3. The van der Waals surface area contributed by atoms with Gasteiger partial charge in [-0.15, -0.1) is 0 Å². The highest BCUT2D eigenvalue weighted by molar-refractivity contribution is 5.87. The standard InChI is InChI=1S/C24H32N2O3/c1-3-17-25-24(28)20(2)26(18-16-21-11-6-4-7-12-21)23(27)15-10-19-29-22-13-8-5-9-14-22/h4-9,11-14,20H,3,10,15-19H2,1-2H3,(H,25,28)/t20-/m1/s1. The van der Waals surface area contributed by atoms with E-state index >= 15 is 0 Å². The summed E-state index contributed by atoms with van der Waals surface area (Å²) >= 11 is 0. The molecule has 2 aromatic rings. The fourth-order valence-corrected chi connectivity index (χ4v) is 3.04. The molecule has 0 heterocycles. The number of amides is 2. The summed E-state index contributed by atoms with van der Waals surface area (Å²) in [6.07, 6.45) is 2.55. The van der Waals surface area contributed by atoms with Crippen LogP contribution in [0, 0.1) is 0 Å². The Kier molecular flexibility index (Phi) is 9.76. The number of carbonyl (C=O) groups is 2. The predicted octanol–water partition coefficient (Wildman–Crippen LogP) is 3.83. The maximum Gasteiger partial charge on any atom is 0.242 e. The van der Waals surface area contributed by atoms with Gasteiger partial charge in [-0.3, -0.25) is 9.59 Å². The van der Waals surface area contributed by atoms with Gasteiger partial charge >= 0.3 is 0 Å². The highest BCUT2D eigenvalue weighted by Crippen LogP contribution is 2.11. The normalized spacial score (nSPS) is 11.5. The average Bonchev–Trinajstić information content (AvgIpc) is 2.76. The van der Waals surface area contributed by atoms with E-state index < -0.39 is 6.04 Å². The number of hydrogen-bond donors (Lipinski definition) is 1. The molecule has 1 N–H and O–H groups in total. The summed E-state index contributed by atoms with van der Waals surface area (Å²) < 4.78 is 5.68. The summed E-state index contributed by atoms with van der Waals surface area (Å²) in [5.41, 5.74) is 1.15. The first-order chi connectivity index (χ1) is 14.1. The molecule has 0 saturated heterocycles. The molecule has 0 saturated carbocycles. The Morgan fingerprint density at radius 3 is 2.34 bits per heavy atom. The molecule has 5 heteroatoms. The Balaban J connectivity index is 1.90. The third-order valence-corrected chi connectivity index (χ3v) is 4.75. The fraction of sp³-hybridized carbons (Fsp3) is 0.417. The molecule has 0 aliphatic heterocycles. The minimum absolute atomic E-state index is 0.0169. The number of nitrogens with zero attached hydrogens (tertiary/aromatic N) is 1. The highest BCUT2D eigenvalue weighted by atomic mass is 16.5. The first-order valence-electron chi connectivity index (χ1n) is 10.4. The van der Waals surface area contributed by atoms with Gasteiger partial charge < -0.3 is 15.0 Å². The van der Waals surface area contributed by atoms with Crippen LogP contribution >= 0.6 is 0 Å². The summed E-state index contributed by atoms with van der Waals surface area (Å²) in [6.45, 7) is 5.42. The molecule has 0 aromatic heterocycles. The van der Waals surface area contributed by atoms with Crippen LogP contribution in [0.4, 0.5) is 0 Å². The number of para-hydroxylation sites is 1. The maximum atomic E-state index is 12.9. The van der Waals surface area contributed by atoms with Crippen LogP contribution in [0.25, 0.3) is 0 Å². The minimum atomic E-state index is -0.493. The van der Waals surface area contributed by atoms with Crippen molar-refractivity contribution < 1.29 is 14.3 Å². The van der Waals surface area contributed by atoms with E-state index in [0.717, 1.165) is 24.2 Å². The molecule has 0 aliphatic rings. The van der Waals surface area contributed by atoms with Crippen LogP contribution in [0.1, 0.15) is 38.7 Å². The molecule has 0 aliphatic carbocycles. The van der Waals surface area contributed by atoms with Gasteiger partial charge in [-0.2, -0.15) is 0 Å². The van der Waals surface area contributed by atoms with Crippen LogP contribution in [0.5, 0.6) is 5.75 Å². The van der Waals surface area contributed by atoms with Crippen LogP contribution in [0.3, 0.4) is 0 Å². The second-order valence-electron chi connectivity index (χ2n) is 7.05. The van der Waals surface area contributed by atoms with Gasteiger partial charge in [0.05, 0.1) is 6.61 Å². The van der Waals surface area contributed by atoms with Crippen LogP contribution in [-0.2, 0) is 16.0 Å². The molecule has 2 amide bonds. The quantitative estimate of drug-likeness (QED) is 0.555. The number of benzene rings is 2. The SMILES string of the molecule is CCCNC(=O)[C@@H](C)N(CCc1ccccc1)C(=O)CCCOc1ccccc1. The zero-order valence-electron chi connectivity index (χ0n) is 17.5. The zero-order valence-corrected chi connectivity index (χ0v) is 17.5. The predicted molar refractivity (Wildman–Crippen MR) is 116 cm³/mol. The summed E-state index contributed by atoms with van der Waals surface area (Å²) in [5, 5.41) is 2.90. The number of hydrogen-bond acceptors (Lipinski definition) is 3. The molecule has 0 spiro atoms. The lowest BCUT2D eigenvalue weighted by molar-refractivity contribution is -0.140. The van der Waals surface area contributed by atoms with Crippen LogP contribution in [0.15, 0.2) is 60.7 Å². The van der Waals surface area contributed by atoms with Crippen molar-refractivity contribution in [1.82, 2.24) is 10.2 Å². The van der Waals surface area contributed by atoms with E-state index in [1.807, 2.05) is 67.6 Å². The van der Waals surface area contributed by atoms with Crippen molar-refractivity contribution >= 4 is 11.8 Å².